The van der Waals surface area contributed by atoms with Crippen LogP contribution in [0.2, 0.25) is 0 Å². The number of carbonyl (C=O) groups excluding carboxylic acids is 1. The molecule has 2 N–H and O–H groups in total. The molecule has 4 rings (SSSR count). The average Bonchev–Trinajstić information content (AvgIpc) is 2.66. The van der Waals surface area contributed by atoms with Crippen LogP contribution in [0.5, 0.6) is 0 Å². The summed E-state index contributed by atoms with van der Waals surface area (Å²) in [7, 11) is 0. The van der Waals surface area contributed by atoms with Gasteiger partial charge in [-0.3, -0.25) is 4.79 Å². The molecular weight excluding hydrogens is 446 g/mol. The molecular formula is C24H22F6N2O. The third kappa shape index (κ3) is 4.56. The van der Waals surface area contributed by atoms with Crippen molar-refractivity contribution >= 4 is 5.91 Å². The van der Waals surface area contributed by atoms with Gasteiger partial charge in [-0.05, 0) is 55.4 Å². The fourth-order valence-electron chi connectivity index (χ4n) is 4.45. The summed E-state index contributed by atoms with van der Waals surface area (Å²) in [5, 5.41) is 9.06. The van der Waals surface area contributed by atoms with Gasteiger partial charge in [-0.2, -0.15) is 31.6 Å². The molecule has 0 unspecified atom stereocenters. The van der Waals surface area contributed by atoms with E-state index >= 15 is 0 Å². The van der Waals surface area contributed by atoms with Gasteiger partial charge in [-0.1, -0.05) is 42.8 Å². The number of alkyl halides is 6. The van der Waals surface area contributed by atoms with Crippen LogP contribution in [0.15, 0.2) is 48.5 Å². The molecule has 0 aromatic heterocycles. The van der Waals surface area contributed by atoms with Crippen LogP contribution in [0.3, 0.4) is 0 Å². The van der Waals surface area contributed by atoms with Crippen LogP contribution in [-0.4, -0.2) is 5.91 Å². The van der Waals surface area contributed by atoms with E-state index in [2.05, 4.69) is 0 Å². The molecule has 176 valence electrons. The van der Waals surface area contributed by atoms with Crippen molar-refractivity contribution in [1.29, 1.82) is 5.26 Å². The summed E-state index contributed by atoms with van der Waals surface area (Å²) in [6, 6.07) is 12.6. The monoisotopic (exact) mass is 468 g/mol. The second kappa shape index (κ2) is 8.73. The maximum atomic E-state index is 12.9. The van der Waals surface area contributed by atoms with Gasteiger partial charge in [0.1, 0.15) is 0 Å². The number of nitriles is 1. The Labute approximate surface area is 187 Å². The second-order valence-electron chi connectivity index (χ2n) is 8.43. The first-order valence-electron chi connectivity index (χ1n) is 10.4. The lowest BCUT2D eigenvalue weighted by Gasteiger charge is -2.40. The molecule has 0 aliphatic heterocycles. The van der Waals surface area contributed by atoms with Crippen molar-refractivity contribution in [2.75, 3.05) is 0 Å². The summed E-state index contributed by atoms with van der Waals surface area (Å²) < 4.78 is 76.8. The maximum Gasteiger partial charge on any atom is 0.416 e. The first kappa shape index (κ1) is 24.6. The van der Waals surface area contributed by atoms with Crippen molar-refractivity contribution in [1.82, 2.24) is 0 Å². The average molecular weight is 468 g/mol. The molecule has 2 aromatic carbocycles. The third-order valence-electron chi connectivity index (χ3n) is 6.60. The molecule has 1 amide bonds. The second-order valence-corrected chi connectivity index (χ2v) is 8.43. The zero-order chi connectivity index (χ0) is 24.5. The van der Waals surface area contributed by atoms with Gasteiger partial charge in [-0.15, -0.1) is 0 Å². The number of halogens is 6. The van der Waals surface area contributed by atoms with Gasteiger partial charge in [0.15, 0.2) is 0 Å². The van der Waals surface area contributed by atoms with E-state index < -0.39 is 40.2 Å². The number of nitrogens with two attached hydrogens (primary N) is 1. The Morgan fingerprint density at radius 1 is 0.788 bits per heavy atom. The van der Waals surface area contributed by atoms with Gasteiger partial charge in [0.25, 0.3) is 0 Å². The predicted octanol–water partition coefficient (Wildman–Crippen LogP) is 6.26. The predicted molar refractivity (Wildman–Crippen MR) is 109 cm³/mol. The van der Waals surface area contributed by atoms with Crippen molar-refractivity contribution in [3.05, 3.63) is 70.8 Å². The Morgan fingerprint density at radius 3 is 1.55 bits per heavy atom. The normalized spacial score (nSPS) is 18.6. The minimum atomic E-state index is -4.45. The molecule has 0 bridgehead atoms. The molecule has 0 radical (unpaired) electrons. The van der Waals surface area contributed by atoms with E-state index in [9.17, 15) is 31.1 Å². The maximum absolute atomic E-state index is 12.9. The highest BCUT2D eigenvalue weighted by molar-refractivity contribution is 5.88. The Hall–Kier alpha value is -3.02. The molecule has 0 atom stereocenters. The van der Waals surface area contributed by atoms with Crippen LogP contribution >= 0.6 is 0 Å². The lowest BCUT2D eigenvalue weighted by Crippen LogP contribution is -2.47. The van der Waals surface area contributed by atoms with Crippen LogP contribution in [-0.2, 0) is 28.0 Å². The molecule has 2 aromatic rings. The lowest BCUT2D eigenvalue weighted by molar-refractivity contribution is -0.140. The number of amides is 1. The number of carbonyl (C=O) groups is 1. The summed E-state index contributed by atoms with van der Waals surface area (Å²) in [6.45, 7) is 0. The summed E-state index contributed by atoms with van der Waals surface area (Å²) in [5.74, 6) is -0.666. The molecule has 2 aliphatic rings. The molecule has 2 saturated carbocycles. The van der Waals surface area contributed by atoms with E-state index in [1.54, 1.807) is 6.07 Å². The Kier molecular flexibility index (Phi) is 6.51. The van der Waals surface area contributed by atoms with E-state index in [0.29, 0.717) is 25.7 Å². The van der Waals surface area contributed by atoms with E-state index in [1.165, 1.54) is 30.3 Å². The SMILES string of the molecule is N#CC1(c2ccccc2C(F)(F)F)CCC1.NC(=O)C1(c2ccccc2C(F)(F)F)CCC1. The zero-order valence-electron chi connectivity index (χ0n) is 17.6. The van der Waals surface area contributed by atoms with E-state index in [1.807, 2.05) is 6.07 Å². The van der Waals surface area contributed by atoms with Gasteiger partial charge < -0.3 is 5.73 Å². The van der Waals surface area contributed by atoms with Crippen molar-refractivity contribution in [3.63, 3.8) is 0 Å². The van der Waals surface area contributed by atoms with Crippen LogP contribution in [0.1, 0.15) is 60.8 Å². The molecule has 0 saturated heterocycles. The first-order chi connectivity index (χ1) is 15.4. The van der Waals surface area contributed by atoms with Crippen LogP contribution in [0.4, 0.5) is 26.3 Å². The molecule has 3 nitrogen and oxygen atoms in total. The highest BCUT2D eigenvalue weighted by Gasteiger charge is 2.49. The molecule has 2 fully saturated rings. The summed E-state index contributed by atoms with van der Waals surface area (Å²) in [5.41, 5.74) is 1.97. The van der Waals surface area contributed by atoms with E-state index in [-0.39, 0.29) is 11.1 Å². The van der Waals surface area contributed by atoms with Gasteiger partial charge in [-0.25, -0.2) is 0 Å². The van der Waals surface area contributed by atoms with E-state index in [0.717, 1.165) is 25.0 Å². The van der Waals surface area contributed by atoms with Crippen molar-refractivity contribution in [3.8, 4) is 6.07 Å². The smallest absolute Gasteiger partial charge is 0.369 e. The summed E-state index contributed by atoms with van der Waals surface area (Å²) in [6.07, 6.45) is -5.43. The number of primary amides is 1. The Bertz CT molecular complexity index is 1060. The largest absolute Gasteiger partial charge is 0.416 e. The molecule has 0 spiro atoms. The van der Waals surface area contributed by atoms with Gasteiger partial charge in [0.05, 0.1) is 28.0 Å². The van der Waals surface area contributed by atoms with E-state index in [4.69, 9.17) is 11.0 Å². The molecule has 33 heavy (non-hydrogen) atoms. The van der Waals surface area contributed by atoms with Gasteiger partial charge >= 0.3 is 12.4 Å². The Morgan fingerprint density at radius 2 is 1.21 bits per heavy atom. The number of hydrogen-bond donors (Lipinski definition) is 1. The number of benzene rings is 2. The highest BCUT2D eigenvalue weighted by Crippen LogP contribution is 2.48. The van der Waals surface area contributed by atoms with Crippen molar-refractivity contribution in [2.24, 2.45) is 5.73 Å². The first-order valence-corrected chi connectivity index (χ1v) is 10.4. The summed E-state index contributed by atoms with van der Waals surface area (Å²) >= 11 is 0. The minimum Gasteiger partial charge on any atom is -0.369 e. The molecule has 0 heterocycles. The number of hydrogen-bond acceptors (Lipinski definition) is 2. The third-order valence-corrected chi connectivity index (χ3v) is 6.60. The number of nitrogens with zero attached hydrogens (tertiary/aromatic N) is 1. The minimum absolute atomic E-state index is 0.0197. The van der Waals surface area contributed by atoms with Crippen molar-refractivity contribution < 1.29 is 31.1 Å². The highest BCUT2D eigenvalue weighted by atomic mass is 19.4. The number of rotatable bonds is 3. The van der Waals surface area contributed by atoms with Crippen LogP contribution in [0, 0.1) is 11.3 Å². The zero-order valence-corrected chi connectivity index (χ0v) is 17.6. The quantitative estimate of drug-likeness (QED) is 0.540. The standard InChI is InChI=1S/C12H12F3NO.C12H10F3N/c13-12(14,15)9-5-2-1-4-8(9)11(10(16)17)6-3-7-11;13-12(14,15)10-5-2-1-4-9(10)11(8-16)6-3-7-11/h1-2,4-5H,3,6-7H2,(H2,16,17);1-2,4-5H,3,6-7H2. The fourth-order valence-corrected chi connectivity index (χ4v) is 4.45. The summed E-state index contributed by atoms with van der Waals surface area (Å²) in [4.78, 5) is 11.4. The molecule has 9 heteroatoms. The van der Waals surface area contributed by atoms with Crippen LogP contribution in [0.25, 0.3) is 0 Å². The van der Waals surface area contributed by atoms with Crippen molar-refractivity contribution in [2.45, 2.75) is 61.7 Å². The van der Waals surface area contributed by atoms with Gasteiger partial charge in [0.2, 0.25) is 5.91 Å². The van der Waals surface area contributed by atoms with Crippen LogP contribution < -0.4 is 5.73 Å². The molecule has 2 aliphatic carbocycles. The Balaban J connectivity index is 0.000000186. The fraction of sp³-hybridized carbons (Fsp3) is 0.417. The lowest BCUT2D eigenvalue weighted by atomic mass is 9.63. The topological polar surface area (TPSA) is 66.9 Å². The van der Waals surface area contributed by atoms with Gasteiger partial charge in [0, 0.05) is 0 Å².